The van der Waals surface area contributed by atoms with Crippen molar-refractivity contribution in [2.45, 2.75) is 38.5 Å². The second-order valence-corrected chi connectivity index (χ2v) is 6.64. The Kier molecular flexibility index (Phi) is 3.30. The molecule has 0 saturated heterocycles. The van der Waals surface area contributed by atoms with Crippen molar-refractivity contribution < 1.29 is 24.6 Å². The summed E-state index contributed by atoms with van der Waals surface area (Å²) in [7, 11) is 0. The Morgan fingerprint density at radius 1 is 0.800 bits per heavy atom. The summed E-state index contributed by atoms with van der Waals surface area (Å²) in [6.07, 6.45) is 3.72. The number of carbonyl (C=O) groups is 3. The number of carboxylic acids is 2. The highest BCUT2D eigenvalue weighted by Crippen LogP contribution is 2.54. The van der Waals surface area contributed by atoms with Crippen molar-refractivity contribution in [2.75, 3.05) is 0 Å². The van der Waals surface area contributed by atoms with Gasteiger partial charge in [0.1, 0.15) is 5.78 Å². The molecule has 110 valence electrons. The number of Topliss-reactive ketones (excluding diaryl/α,β-unsaturated/α-hetero) is 1. The first kappa shape index (κ1) is 13.6. The quantitative estimate of drug-likeness (QED) is 0.804. The third-order valence-corrected chi connectivity index (χ3v) is 5.78. The van der Waals surface area contributed by atoms with Crippen molar-refractivity contribution in [3.05, 3.63) is 0 Å². The minimum Gasteiger partial charge on any atom is -0.481 e. The Balaban J connectivity index is 1.78. The molecule has 20 heavy (non-hydrogen) atoms. The number of hydrogen-bond acceptors (Lipinski definition) is 3. The van der Waals surface area contributed by atoms with Gasteiger partial charge in [-0.2, -0.15) is 0 Å². The summed E-state index contributed by atoms with van der Waals surface area (Å²) in [4.78, 5) is 34.8. The molecule has 2 N–H and O–H groups in total. The topological polar surface area (TPSA) is 91.7 Å². The molecule has 5 heteroatoms. The van der Waals surface area contributed by atoms with E-state index in [0.29, 0.717) is 32.1 Å². The van der Waals surface area contributed by atoms with E-state index < -0.39 is 17.9 Å². The monoisotopic (exact) mass is 280 g/mol. The molecule has 0 aromatic rings. The van der Waals surface area contributed by atoms with E-state index in [1.165, 1.54) is 0 Å². The van der Waals surface area contributed by atoms with Crippen molar-refractivity contribution >= 4 is 17.7 Å². The van der Waals surface area contributed by atoms with Crippen LogP contribution in [-0.2, 0) is 14.4 Å². The summed E-state index contributed by atoms with van der Waals surface area (Å²) in [5.41, 5.74) is 0. The highest BCUT2D eigenvalue weighted by Gasteiger charge is 2.54. The fourth-order valence-electron chi connectivity index (χ4n) is 4.79. The van der Waals surface area contributed by atoms with Crippen molar-refractivity contribution in [1.29, 1.82) is 0 Å². The minimum absolute atomic E-state index is 0.00635. The molecule has 0 amide bonds. The number of fused-ring (bicyclic) bond motifs is 3. The summed E-state index contributed by atoms with van der Waals surface area (Å²) in [6, 6.07) is 0. The molecular weight excluding hydrogens is 260 g/mol. The summed E-state index contributed by atoms with van der Waals surface area (Å²) in [5, 5.41) is 18.3. The zero-order valence-electron chi connectivity index (χ0n) is 11.3. The Bertz CT molecular complexity index is 457. The van der Waals surface area contributed by atoms with Crippen molar-refractivity contribution in [2.24, 2.45) is 35.5 Å². The fraction of sp³-hybridized carbons (Fsp3) is 0.800. The first-order valence-electron chi connectivity index (χ1n) is 7.48. The first-order valence-corrected chi connectivity index (χ1v) is 7.48. The average Bonchev–Trinajstić information content (AvgIpc) is 2.71. The van der Waals surface area contributed by atoms with Crippen LogP contribution < -0.4 is 0 Å². The molecule has 3 rings (SSSR count). The molecule has 0 aromatic heterocycles. The lowest BCUT2D eigenvalue weighted by atomic mass is 9.69. The summed E-state index contributed by atoms with van der Waals surface area (Å²) >= 11 is 0. The smallest absolute Gasteiger partial charge is 0.306 e. The maximum atomic E-state index is 12.5. The van der Waals surface area contributed by atoms with Gasteiger partial charge < -0.3 is 10.2 Å². The second-order valence-electron chi connectivity index (χ2n) is 6.64. The fourth-order valence-corrected chi connectivity index (χ4v) is 4.79. The van der Waals surface area contributed by atoms with E-state index in [4.69, 9.17) is 5.11 Å². The number of carboxylic acid groups (broad SMARTS) is 2. The van der Waals surface area contributed by atoms with E-state index in [0.717, 1.165) is 6.42 Å². The molecule has 3 aliphatic rings. The molecule has 0 aliphatic heterocycles. The lowest BCUT2D eigenvalue weighted by molar-refractivity contribution is -0.145. The zero-order chi connectivity index (χ0) is 14.4. The van der Waals surface area contributed by atoms with Gasteiger partial charge in [0.2, 0.25) is 0 Å². The van der Waals surface area contributed by atoms with Crippen molar-refractivity contribution in [1.82, 2.24) is 0 Å². The third kappa shape index (κ3) is 2.03. The van der Waals surface area contributed by atoms with E-state index in [-0.39, 0.29) is 35.4 Å². The molecule has 0 spiro atoms. The van der Waals surface area contributed by atoms with Crippen LogP contribution >= 0.6 is 0 Å². The molecule has 6 unspecified atom stereocenters. The maximum absolute atomic E-state index is 12.5. The van der Waals surface area contributed by atoms with E-state index in [9.17, 15) is 19.5 Å². The molecule has 3 saturated carbocycles. The normalized spacial score (nSPS) is 43.7. The Hall–Kier alpha value is -1.39. The number of rotatable bonds is 2. The van der Waals surface area contributed by atoms with E-state index in [2.05, 4.69) is 0 Å². The highest BCUT2D eigenvalue weighted by atomic mass is 16.4. The summed E-state index contributed by atoms with van der Waals surface area (Å²) in [5.74, 6) is -1.78. The third-order valence-electron chi connectivity index (χ3n) is 5.78. The van der Waals surface area contributed by atoms with Gasteiger partial charge in [-0.05, 0) is 50.4 Å². The van der Waals surface area contributed by atoms with Crippen LogP contribution in [0.25, 0.3) is 0 Å². The predicted molar refractivity (Wildman–Crippen MR) is 68.9 cm³/mol. The molecule has 3 fully saturated rings. The molecule has 0 heterocycles. The van der Waals surface area contributed by atoms with Crippen LogP contribution in [0.5, 0.6) is 0 Å². The minimum atomic E-state index is -0.797. The highest BCUT2D eigenvalue weighted by molar-refractivity contribution is 5.87. The van der Waals surface area contributed by atoms with E-state index in [1.807, 2.05) is 0 Å². The predicted octanol–water partition coefficient (Wildman–Crippen LogP) is 1.80. The van der Waals surface area contributed by atoms with Gasteiger partial charge >= 0.3 is 11.9 Å². The molecule has 6 atom stereocenters. The van der Waals surface area contributed by atoms with Crippen LogP contribution in [0.3, 0.4) is 0 Å². The van der Waals surface area contributed by atoms with Crippen molar-refractivity contribution in [3.8, 4) is 0 Å². The lowest BCUT2D eigenvalue weighted by Crippen LogP contribution is -2.32. The largest absolute Gasteiger partial charge is 0.481 e. The second kappa shape index (κ2) is 4.86. The molecule has 3 aliphatic carbocycles. The molecule has 0 aromatic carbocycles. The SMILES string of the molecule is O=C(O)C1CCC2C(C1)C(=O)C1CCC(C(=O)O)CC12. The summed E-state index contributed by atoms with van der Waals surface area (Å²) in [6.45, 7) is 0. The maximum Gasteiger partial charge on any atom is 0.306 e. The number of aliphatic carboxylic acids is 2. The summed E-state index contributed by atoms with van der Waals surface area (Å²) < 4.78 is 0. The number of ketones is 1. The Labute approximate surface area is 117 Å². The van der Waals surface area contributed by atoms with Gasteiger partial charge in [-0.15, -0.1) is 0 Å². The van der Waals surface area contributed by atoms with Gasteiger partial charge in [0.05, 0.1) is 11.8 Å². The first-order chi connectivity index (χ1) is 9.49. The van der Waals surface area contributed by atoms with Crippen LogP contribution in [0.4, 0.5) is 0 Å². The van der Waals surface area contributed by atoms with E-state index >= 15 is 0 Å². The van der Waals surface area contributed by atoms with E-state index in [1.54, 1.807) is 0 Å². The lowest BCUT2D eigenvalue weighted by Gasteiger charge is -2.35. The van der Waals surface area contributed by atoms with Gasteiger partial charge in [-0.25, -0.2) is 0 Å². The van der Waals surface area contributed by atoms with Crippen LogP contribution in [-0.4, -0.2) is 27.9 Å². The molecule has 0 bridgehead atoms. The standard InChI is InChI=1S/C15H20O5/c16-13-10-4-2-7(14(17)18)5-11(10)9-3-1-8(15(19)20)6-12(9)13/h7-12H,1-6H2,(H,17,18)(H,19,20). The van der Waals surface area contributed by atoms with Crippen molar-refractivity contribution in [3.63, 3.8) is 0 Å². The Morgan fingerprint density at radius 2 is 1.40 bits per heavy atom. The molecule has 5 nitrogen and oxygen atoms in total. The van der Waals surface area contributed by atoms with Gasteiger partial charge in [-0.3, -0.25) is 14.4 Å². The zero-order valence-corrected chi connectivity index (χ0v) is 11.3. The molecule has 0 radical (unpaired) electrons. The van der Waals surface area contributed by atoms with Gasteiger partial charge in [-0.1, -0.05) is 0 Å². The van der Waals surface area contributed by atoms with Crippen LogP contribution in [0.1, 0.15) is 38.5 Å². The van der Waals surface area contributed by atoms with Crippen LogP contribution in [0.15, 0.2) is 0 Å². The van der Waals surface area contributed by atoms with Crippen LogP contribution in [0, 0.1) is 35.5 Å². The number of hydrogen-bond donors (Lipinski definition) is 2. The Morgan fingerprint density at radius 3 is 2.05 bits per heavy atom. The molecular formula is C15H20O5. The van der Waals surface area contributed by atoms with Crippen LogP contribution in [0.2, 0.25) is 0 Å². The van der Waals surface area contributed by atoms with Gasteiger partial charge in [0, 0.05) is 11.8 Å². The van der Waals surface area contributed by atoms with Gasteiger partial charge in [0.25, 0.3) is 0 Å². The average molecular weight is 280 g/mol. The number of carbonyl (C=O) groups excluding carboxylic acids is 1. The van der Waals surface area contributed by atoms with Gasteiger partial charge in [0.15, 0.2) is 0 Å².